The van der Waals surface area contributed by atoms with Gasteiger partial charge in [0.25, 0.3) is 5.91 Å². The molecule has 1 amide bonds. The van der Waals surface area contributed by atoms with Gasteiger partial charge in [-0.3, -0.25) is 9.59 Å². The SMILES string of the molecule is O=C(O)CN(C(=O)c1ccc(F)cn1)C1CCCC1. The Morgan fingerprint density at radius 1 is 1.37 bits per heavy atom. The van der Waals surface area contributed by atoms with E-state index in [1.807, 2.05) is 0 Å². The summed E-state index contributed by atoms with van der Waals surface area (Å²) in [5.74, 6) is -2.03. The molecule has 1 aromatic rings. The summed E-state index contributed by atoms with van der Waals surface area (Å²) in [7, 11) is 0. The van der Waals surface area contributed by atoms with Crippen molar-refractivity contribution in [3.63, 3.8) is 0 Å². The van der Waals surface area contributed by atoms with Crippen LogP contribution in [0.25, 0.3) is 0 Å². The predicted octanol–water partition coefficient (Wildman–Crippen LogP) is 1.69. The summed E-state index contributed by atoms with van der Waals surface area (Å²) in [4.78, 5) is 28.2. The van der Waals surface area contributed by atoms with Crippen LogP contribution in [0, 0.1) is 5.82 Å². The maximum absolute atomic E-state index is 12.8. The van der Waals surface area contributed by atoms with Gasteiger partial charge in [0.05, 0.1) is 6.20 Å². The van der Waals surface area contributed by atoms with Gasteiger partial charge in [-0.15, -0.1) is 0 Å². The average Bonchev–Trinajstić information content (AvgIpc) is 2.89. The number of amides is 1. The van der Waals surface area contributed by atoms with Crippen LogP contribution < -0.4 is 0 Å². The second-order valence-corrected chi connectivity index (χ2v) is 4.63. The number of hydrogen-bond donors (Lipinski definition) is 1. The van der Waals surface area contributed by atoms with Crippen molar-refractivity contribution in [3.05, 3.63) is 29.8 Å². The lowest BCUT2D eigenvalue weighted by molar-refractivity contribution is -0.138. The lowest BCUT2D eigenvalue weighted by atomic mass is 10.2. The van der Waals surface area contributed by atoms with Crippen molar-refractivity contribution in [2.45, 2.75) is 31.7 Å². The van der Waals surface area contributed by atoms with Crippen molar-refractivity contribution >= 4 is 11.9 Å². The van der Waals surface area contributed by atoms with Crippen LogP contribution in [0.1, 0.15) is 36.2 Å². The van der Waals surface area contributed by atoms with Crippen molar-refractivity contribution in [2.75, 3.05) is 6.54 Å². The van der Waals surface area contributed by atoms with Crippen LogP contribution >= 0.6 is 0 Å². The number of carbonyl (C=O) groups excluding carboxylic acids is 1. The Hall–Kier alpha value is -1.98. The third kappa shape index (κ3) is 3.27. The van der Waals surface area contributed by atoms with Crippen LogP contribution in [0.5, 0.6) is 0 Å². The lowest BCUT2D eigenvalue weighted by Crippen LogP contribution is -2.42. The summed E-state index contributed by atoms with van der Waals surface area (Å²) in [5, 5.41) is 8.91. The Morgan fingerprint density at radius 3 is 2.58 bits per heavy atom. The minimum atomic E-state index is -1.05. The highest BCUT2D eigenvalue weighted by Crippen LogP contribution is 2.24. The smallest absolute Gasteiger partial charge is 0.323 e. The average molecular weight is 266 g/mol. The quantitative estimate of drug-likeness (QED) is 0.900. The zero-order chi connectivity index (χ0) is 13.8. The van der Waals surface area contributed by atoms with E-state index in [0.29, 0.717) is 0 Å². The molecule has 0 atom stereocenters. The number of carbonyl (C=O) groups is 2. The second-order valence-electron chi connectivity index (χ2n) is 4.63. The first-order valence-electron chi connectivity index (χ1n) is 6.22. The molecule has 102 valence electrons. The zero-order valence-corrected chi connectivity index (χ0v) is 10.4. The third-order valence-corrected chi connectivity index (χ3v) is 3.28. The first-order chi connectivity index (χ1) is 9.08. The Kier molecular flexibility index (Phi) is 4.09. The predicted molar refractivity (Wildman–Crippen MR) is 65.1 cm³/mol. The fourth-order valence-corrected chi connectivity index (χ4v) is 2.38. The fraction of sp³-hybridized carbons (Fsp3) is 0.462. The number of carboxylic acids is 1. The number of halogens is 1. The molecule has 1 N–H and O–H groups in total. The summed E-state index contributed by atoms with van der Waals surface area (Å²) in [5.41, 5.74) is 0.0783. The molecule has 0 radical (unpaired) electrons. The molecule has 6 heteroatoms. The highest BCUT2D eigenvalue weighted by Gasteiger charge is 2.29. The number of hydrogen-bond acceptors (Lipinski definition) is 3. The second kappa shape index (κ2) is 5.77. The van der Waals surface area contributed by atoms with E-state index in [0.717, 1.165) is 37.9 Å². The first kappa shape index (κ1) is 13.5. The molecule has 2 rings (SSSR count). The molecule has 0 aliphatic heterocycles. The van der Waals surface area contributed by atoms with E-state index in [4.69, 9.17) is 5.11 Å². The largest absolute Gasteiger partial charge is 0.480 e. The molecule has 0 saturated heterocycles. The lowest BCUT2D eigenvalue weighted by Gasteiger charge is -2.26. The van der Waals surface area contributed by atoms with E-state index in [-0.39, 0.29) is 18.3 Å². The van der Waals surface area contributed by atoms with Crippen molar-refractivity contribution in [1.29, 1.82) is 0 Å². The molecule has 1 saturated carbocycles. The molecule has 19 heavy (non-hydrogen) atoms. The van der Waals surface area contributed by atoms with Gasteiger partial charge in [-0.25, -0.2) is 9.37 Å². The topological polar surface area (TPSA) is 70.5 Å². The van der Waals surface area contributed by atoms with Gasteiger partial charge in [-0.05, 0) is 25.0 Å². The summed E-state index contributed by atoms with van der Waals surface area (Å²) >= 11 is 0. The summed E-state index contributed by atoms with van der Waals surface area (Å²) < 4.78 is 12.8. The molecule has 0 aromatic carbocycles. The highest BCUT2D eigenvalue weighted by atomic mass is 19.1. The molecule has 1 heterocycles. The van der Waals surface area contributed by atoms with Crippen LogP contribution in [0.2, 0.25) is 0 Å². The van der Waals surface area contributed by atoms with E-state index in [1.54, 1.807) is 0 Å². The van der Waals surface area contributed by atoms with Crippen molar-refractivity contribution < 1.29 is 19.1 Å². The molecule has 1 aromatic heterocycles. The summed E-state index contributed by atoms with van der Waals surface area (Å²) in [6.45, 7) is -0.345. The van der Waals surface area contributed by atoms with Crippen LogP contribution in [0.15, 0.2) is 18.3 Å². The van der Waals surface area contributed by atoms with E-state index in [9.17, 15) is 14.0 Å². The molecule has 5 nitrogen and oxygen atoms in total. The fourth-order valence-electron chi connectivity index (χ4n) is 2.38. The Bertz CT molecular complexity index is 469. The standard InChI is InChI=1S/C13H15FN2O3/c14-9-5-6-11(15-7-9)13(19)16(8-12(17)18)10-3-1-2-4-10/h5-7,10H,1-4,8H2,(H,17,18). The number of nitrogens with zero attached hydrogens (tertiary/aromatic N) is 2. The van der Waals surface area contributed by atoms with Crippen LogP contribution in [0.4, 0.5) is 4.39 Å². The molecular weight excluding hydrogens is 251 g/mol. The number of rotatable bonds is 4. The number of carboxylic acid groups (broad SMARTS) is 1. The van der Waals surface area contributed by atoms with Gasteiger partial charge in [-0.1, -0.05) is 12.8 Å². The Balaban J connectivity index is 2.18. The number of aliphatic carboxylic acids is 1. The third-order valence-electron chi connectivity index (χ3n) is 3.28. The van der Waals surface area contributed by atoms with Crippen molar-refractivity contribution in [1.82, 2.24) is 9.88 Å². The van der Waals surface area contributed by atoms with E-state index in [1.165, 1.54) is 11.0 Å². The molecule has 1 aliphatic rings. The maximum Gasteiger partial charge on any atom is 0.323 e. The van der Waals surface area contributed by atoms with Gasteiger partial charge in [0.2, 0.25) is 0 Å². The maximum atomic E-state index is 12.8. The van der Waals surface area contributed by atoms with E-state index in [2.05, 4.69) is 4.98 Å². The summed E-state index contributed by atoms with van der Waals surface area (Å²) in [6, 6.07) is 2.37. The van der Waals surface area contributed by atoms with Gasteiger partial charge in [0.15, 0.2) is 0 Å². The zero-order valence-electron chi connectivity index (χ0n) is 10.4. The van der Waals surface area contributed by atoms with Gasteiger partial charge in [-0.2, -0.15) is 0 Å². The molecule has 0 spiro atoms. The summed E-state index contributed by atoms with van der Waals surface area (Å²) in [6.07, 6.45) is 4.55. The molecule has 1 aliphatic carbocycles. The van der Waals surface area contributed by atoms with Crippen LogP contribution in [-0.4, -0.2) is 39.5 Å². The van der Waals surface area contributed by atoms with Crippen LogP contribution in [-0.2, 0) is 4.79 Å². The van der Waals surface area contributed by atoms with E-state index < -0.39 is 17.7 Å². The van der Waals surface area contributed by atoms with E-state index >= 15 is 0 Å². The Morgan fingerprint density at radius 2 is 2.05 bits per heavy atom. The molecule has 0 unspecified atom stereocenters. The first-order valence-corrected chi connectivity index (χ1v) is 6.22. The van der Waals surface area contributed by atoms with Gasteiger partial charge >= 0.3 is 5.97 Å². The van der Waals surface area contributed by atoms with Gasteiger partial charge in [0.1, 0.15) is 18.1 Å². The van der Waals surface area contributed by atoms with Gasteiger partial charge < -0.3 is 10.0 Å². The van der Waals surface area contributed by atoms with Crippen molar-refractivity contribution in [2.24, 2.45) is 0 Å². The minimum Gasteiger partial charge on any atom is -0.480 e. The normalized spacial score (nSPS) is 15.4. The monoisotopic (exact) mass is 266 g/mol. The highest BCUT2D eigenvalue weighted by molar-refractivity contribution is 5.94. The van der Waals surface area contributed by atoms with Crippen LogP contribution in [0.3, 0.4) is 0 Å². The molecule has 0 bridgehead atoms. The van der Waals surface area contributed by atoms with Crippen molar-refractivity contribution in [3.8, 4) is 0 Å². The molecular formula is C13H15FN2O3. The number of aromatic nitrogens is 1. The van der Waals surface area contributed by atoms with Gasteiger partial charge in [0, 0.05) is 6.04 Å². The Labute approximate surface area is 110 Å². The molecule has 1 fully saturated rings. The number of pyridine rings is 1. The minimum absolute atomic E-state index is 0.0598.